The fourth-order valence-corrected chi connectivity index (χ4v) is 3.92. The first-order valence-electron chi connectivity index (χ1n) is 8.39. The van der Waals surface area contributed by atoms with Gasteiger partial charge in [0.2, 0.25) is 11.8 Å². The van der Waals surface area contributed by atoms with Gasteiger partial charge in [-0.3, -0.25) is 14.4 Å². The minimum Gasteiger partial charge on any atom is -0.324 e. The molecule has 0 atom stereocenters. The molecule has 6 nitrogen and oxygen atoms in total. The van der Waals surface area contributed by atoms with Crippen molar-refractivity contribution in [1.29, 1.82) is 0 Å². The number of carbonyl (C=O) groups is 3. The molecule has 0 aromatic heterocycles. The molecule has 0 spiro atoms. The van der Waals surface area contributed by atoms with E-state index in [2.05, 4.69) is 10.6 Å². The van der Waals surface area contributed by atoms with Gasteiger partial charge in [0.25, 0.3) is 5.91 Å². The summed E-state index contributed by atoms with van der Waals surface area (Å²) in [5.41, 5.74) is 2.42. The number of fused-ring (bicyclic) bond motifs is 1. The average Bonchev–Trinajstić information content (AvgIpc) is 3.07. The van der Waals surface area contributed by atoms with E-state index in [4.69, 9.17) is 0 Å². The number of carbonyl (C=O) groups excluding carboxylic acids is 3. The van der Waals surface area contributed by atoms with Crippen molar-refractivity contribution in [1.82, 2.24) is 0 Å². The van der Waals surface area contributed by atoms with Crippen molar-refractivity contribution < 1.29 is 14.4 Å². The van der Waals surface area contributed by atoms with Gasteiger partial charge in [0.15, 0.2) is 0 Å². The molecule has 2 aliphatic rings. The van der Waals surface area contributed by atoms with Crippen LogP contribution in [0.5, 0.6) is 0 Å². The van der Waals surface area contributed by atoms with Gasteiger partial charge in [0, 0.05) is 23.4 Å². The number of hydrogen-bond acceptors (Lipinski definition) is 4. The van der Waals surface area contributed by atoms with Crippen molar-refractivity contribution in [2.45, 2.75) is 17.7 Å². The summed E-state index contributed by atoms with van der Waals surface area (Å²) < 4.78 is 0. The first-order valence-corrected chi connectivity index (χ1v) is 9.38. The van der Waals surface area contributed by atoms with Crippen molar-refractivity contribution in [3.63, 3.8) is 0 Å². The van der Waals surface area contributed by atoms with Crippen LogP contribution < -0.4 is 15.5 Å². The number of benzene rings is 2. The molecule has 0 saturated carbocycles. The maximum Gasteiger partial charge on any atom is 0.255 e. The Morgan fingerprint density at radius 1 is 1.15 bits per heavy atom. The van der Waals surface area contributed by atoms with Crippen molar-refractivity contribution in [3.05, 3.63) is 48.0 Å². The van der Waals surface area contributed by atoms with Crippen LogP contribution in [0.25, 0.3) is 0 Å². The summed E-state index contributed by atoms with van der Waals surface area (Å²) in [5.74, 6) is 0.102. The fourth-order valence-electron chi connectivity index (χ4n) is 3.14. The van der Waals surface area contributed by atoms with Gasteiger partial charge in [0.05, 0.1) is 22.8 Å². The monoisotopic (exact) mass is 367 g/mol. The molecule has 2 N–H and O–H groups in total. The van der Waals surface area contributed by atoms with Gasteiger partial charge in [0.1, 0.15) is 0 Å². The van der Waals surface area contributed by atoms with Crippen LogP contribution in [-0.2, 0) is 9.59 Å². The van der Waals surface area contributed by atoms with Crippen LogP contribution in [-0.4, -0.2) is 30.0 Å². The lowest BCUT2D eigenvalue weighted by Crippen LogP contribution is -2.25. The van der Waals surface area contributed by atoms with Gasteiger partial charge >= 0.3 is 0 Å². The molecule has 7 heteroatoms. The van der Waals surface area contributed by atoms with Crippen LogP contribution in [0.1, 0.15) is 23.2 Å². The molecule has 132 valence electrons. The van der Waals surface area contributed by atoms with E-state index >= 15 is 0 Å². The molecule has 1 fully saturated rings. The van der Waals surface area contributed by atoms with Gasteiger partial charge in [-0.1, -0.05) is 12.1 Å². The normalized spacial score (nSPS) is 16.2. The Kier molecular flexibility index (Phi) is 4.38. The number of anilines is 3. The Morgan fingerprint density at radius 3 is 2.81 bits per heavy atom. The zero-order valence-electron chi connectivity index (χ0n) is 14.0. The summed E-state index contributed by atoms with van der Waals surface area (Å²) in [5, 5.41) is 5.68. The third-order valence-corrected chi connectivity index (χ3v) is 5.46. The SMILES string of the molecule is O=C1CSc2ccc(C(=O)Nc3ccccc3N3CCCC3=O)cc2N1. The molecule has 0 radical (unpaired) electrons. The molecule has 1 saturated heterocycles. The Hall–Kier alpha value is -2.80. The molecule has 26 heavy (non-hydrogen) atoms. The molecule has 2 heterocycles. The minimum atomic E-state index is -0.281. The van der Waals surface area contributed by atoms with Crippen LogP contribution in [0.4, 0.5) is 17.1 Å². The smallest absolute Gasteiger partial charge is 0.255 e. The Balaban J connectivity index is 1.58. The summed E-state index contributed by atoms with van der Waals surface area (Å²) >= 11 is 1.45. The lowest BCUT2D eigenvalue weighted by atomic mass is 10.1. The second-order valence-corrected chi connectivity index (χ2v) is 7.19. The van der Waals surface area contributed by atoms with Crippen LogP contribution >= 0.6 is 11.8 Å². The van der Waals surface area contributed by atoms with E-state index in [1.54, 1.807) is 23.1 Å². The first-order chi connectivity index (χ1) is 12.6. The second-order valence-electron chi connectivity index (χ2n) is 6.17. The van der Waals surface area contributed by atoms with E-state index in [9.17, 15) is 14.4 Å². The van der Waals surface area contributed by atoms with Crippen LogP contribution in [0.3, 0.4) is 0 Å². The number of rotatable bonds is 3. The number of nitrogens with zero attached hydrogens (tertiary/aromatic N) is 1. The molecular formula is C19H17N3O3S. The van der Waals surface area contributed by atoms with E-state index in [0.29, 0.717) is 41.3 Å². The third-order valence-electron chi connectivity index (χ3n) is 4.39. The zero-order valence-corrected chi connectivity index (χ0v) is 14.8. The zero-order chi connectivity index (χ0) is 18.1. The summed E-state index contributed by atoms with van der Waals surface area (Å²) in [6.07, 6.45) is 1.35. The van der Waals surface area contributed by atoms with Gasteiger partial charge in [-0.05, 0) is 36.8 Å². The van der Waals surface area contributed by atoms with E-state index in [1.165, 1.54) is 11.8 Å². The van der Waals surface area contributed by atoms with Crippen molar-refractivity contribution in [2.75, 3.05) is 27.8 Å². The molecule has 0 aliphatic carbocycles. The Morgan fingerprint density at radius 2 is 2.00 bits per heavy atom. The molecule has 4 rings (SSSR count). The van der Waals surface area contributed by atoms with Crippen LogP contribution in [0, 0.1) is 0 Å². The molecule has 3 amide bonds. The minimum absolute atomic E-state index is 0.0696. The van der Waals surface area contributed by atoms with Crippen molar-refractivity contribution in [3.8, 4) is 0 Å². The highest BCUT2D eigenvalue weighted by atomic mass is 32.2. The number of amides is 3. The quantitative estimate of drug-likeness (QED) is 0.874. The first kappa shape index (κ1) is 16.7. The predicted octanol–water partition coefficient (Wildman–Crippen LogP) is 3.11. The predicted molar refractivity (Wildman–Crippen MR) is 102 cm³/mol. The molecule has 2 aromatic carbocycles. The fraction of sp³-hybridized carbons (Fsp3) is 0.211. The average molecular weight is 367 g/mol. The summed E-state index contributed by atoms with van der Waals surface area (Å²) in [6, 6.07) is 12.5. The number of thioether (sulfide) groups is 1. The molecular weight excluding hydrogens is 350 g/mol. The number of para-hydroxylation sites is 2. The standard InChI is InChI=1S/C19H17N3O3S/c23-17-11-26-16-8-7-12(10-14(16)20-17)19(25)21-13-4-1-2-5-15(13)22-9-3-6-18(22)24/h1-2,4-5,7-8,10H,3,6,9,11H2,(H,20,23)(H,21,25). The van der Waals surface area contributed by atoms with E-state index in [0.717, 1.165) is 11.3 Å². The van der Waals surface area contributed by atoms with E-state index in [-0.39, 0.29) is 17.7 Å². The Labute approximate surface area is 154 Å². The highest BCUT2D eigenvalue weighted by Gasteiger charge is 2.24. The van der Waals surface area contributed by atoms with Gasteiger partial charge in [-0.15, -0.1) is 11.8 Å². The second kappa shape index (κ2) is 6.84. The third kappa shape index (κ3) is 3.17. The van der Waals surface area contributed by atoms with E-state index in [1.807, 2.05) is 24.3 Å². The summed E-state index contributed by atoms with van der Waals surface area (Å²) in [7, 11) is 0. The molecule has 0 bridgehead atoms. The number of nitrogens with one attached hydrogen (secondary N) is 2. The van der Waals surface area contributed by atoms with E-state index < -0.39 is 0 Å². The molecule has 0 unspecified atom stereocenters. The largest absolute Gasteiger partial charge is 0.324 e. The number of hydrogen-bond donors (Lipinski definition) is 2. The molecule has 2 aromatic rings. The van der Waals surface area contributed by atoms with Gasteiger partial charge < -0.3 is 15.5 Å². The lowest BCUT2D eigenvalue weighted by molar-refractivity contribution is -0.117. The van der Waals surface area contributed by atoms with Gasteiger partial charge in [-0.2, -0.15) is 0 Å². The van der Waals surface area contributed by atoms with Crippen LogP contribution in [0.2, 0.25) is 0 Å². The van der Waals surface area contributed by atoms with Gasteiger partial charge in [-0.25, -0.2) is 0 Å². The Bertz CT molecular complexity index is 913. The maximum absolute atomic E-state index is 12.7. The molecule has 2 aliphatic heterocycles. The summed E-state index contributed by atoms with van der Waals surface area (Å²) in [6.45, 7) is 0.661. The lowest BCUT2D eigenvalue weighted by Gasteiger charge is -2.20. The highest BCUT2D eigenvalue weighted by Crippen LogP contribution is 2.33. The van der Waals surface area contributed by atoms with Crippen molar-refractivity contribution in [2.24, 2.45) is 0 Å². The highest BCUT2D eigenvalue weighted by molar-refractivity contribution is 8.00. The maximum atomic E-state index is 12.7. The topological polar surface area (TPSA) is 78.5 Å². The van der Waals surface area contributed by atoms with Crippen molar-refractivity contribution >= 4 is 46.5 Å². The summed E-state index contributed by atoms with van der Waals surface area (Å²) in [4.78, 5) is 38.9. The van der Waals surface area contributed by atoms with Crippen LogP contribution in [0.15, 0.2) is 47.4 Å².